The van der Waals surface area contributed by atoms with E-state index in [0.29, 0.717) is 17.6 Å². The molecule has 0 fully saturated rings. The number of hydrogen-bond donors (Lipinski definition) is 0. The Kier molecular flexibility index (Phi) is 6.28. The summed E-state index contributed by atoms with van der Waals surface area (Å²) >= 11 is 0. The second-order valence-electron chi connectivity index (χ2n) is 2.40. The van der Waals surface area contributed by atoms with E-state index in [1.807, 2.05) is 0 Å². The fraction of sp³-hybridized carbons (Fsp3) is 0.100. The Labute approximate surface area is 105 Å². The Hall–Kier alpha value is -0.770. The van der Waals surface area contributed by atoms with Gasteiger partial charge in [0.05, 0.1) is 7.11 Å². The number of ether oxygens (including phenoxy) is 1. The minimum Gasteiger partial charge on any atom is -0.878 e. The van der Waals surface area contributed by atoms with Gasteiger partial charge in [0.25, 0.3) is 0 Å². The van der Waals surface area contributed by atoms with E-state index in [4.69, 9.17) is 4.74 Å². The van der Waals surface area contributed by atoms with Crippen LogP contribution in [-0.4, -0.2) is 12.9 Å². The van der Waals surface area contributed by atoms with Gasteiger partial charge in [-0.3, -0.25) is 4.79 Å². The van der Waals surface area contributed by atoms with Crippen LogP contribution in [0.4, 0.5) is 0 Å². The van der Waals surface area contributed by atoms with Crippen LogP contribution in [0, 0.1) is 0 Å². The molecule has 68 valence electrons. The third-order valence-electron chi connectivity index (χ3n) is 1.59. The van der Waals surface area contributed by atoms with Gasteiger partial charge in [0.1, 0.15) is 5.75 Å². The Bertz CT molecular complexity index is 317. The van der Waals surface area contributed by atoms with Gasteiger partial charge in [-0.2, -0.15) is 0 Å². The maximum Gasteiger partial charge on any atom is 1.00 e. The molecule has 0 heterocycles. The topological polar surface area (TPSA) is 49.4 Å². The summed E-state index contributed by atoms with van der Waals surface area (Å²) in [7, 11) is 1.55. The van der Waals surface area contributed by atoms with E-state index >= 15 is 0 Å². The average Bonchev–Trinajstić information content (AvgIpc) is 2.18. The van der Waals surface area contributed by atoms with Crippen molar-refractivity contribution in [2.45, 2.75) is 0 Å². The second kappa shape index (κ2) is 6.65. The molecule has 1 aromatic carbocycles. The first-order valence-electron chi connectivity index (χ1n) is 3.75. The van der Waals surface area contributed by atoms with Crippen LogP contribution in [0.1, 0.15) is 10.4 Å². The Balaban J connectivity index is 0.00000169. The zero-order valence-corrected chi connectivity index (χ0v) is 10.2. The summed E-state index contributed by atoms with van der Waals surface area (Å²) in [5, 5.41) is 10.0. The number of ketones is 1. The SMILES string of the molecule is COc1ccc(C(=O)C=C[O-])cc1.[Na+]. The van der Waals surface area contributed by atoms with Gasteiger partial charge in [-0.1, -0.05) is 0 Å². The van der Waals surface area contributed by atoms with Crippen LogP contribution in [-0.2, 0) is 0 Å². The summed E-state index contributed by atoms with van der Waals surface area (Å²) in [4.78, 5) is 11.1. The molecule has 0 saturated carbocycles. The normalized spacial score (nSPS) is 9.50. The summed E-state index contributed by atoms with van der Waals surface area (Å²) in [6.45, 7) is 0. The molecule has 0 saturated heterocycles. The Morgan fingerprint density at radius 1 is 1.36 bits per heavy atom. The molecule has 0 N–H and O–H groups in total. The number of methoxy groups -OCH3 is 1. The number of hydrogen-bond acceptors (Lipinski definition) is 3. The molecule has 0 spiro atoms. The van der Waals surface area contributed by atoms with Crippen molar-refractivity contribution in [3.63, 3.8) is 0 Å². The van der Waals surface area contributed by atoms with Gasteiger partial charge in [-0.15, -0.1) is 6.26 Å². The summed E-state index contributed by atoms with van der Waals surface area (Å²) in [6, 6.07) is 6.57. The van der Waals surface area contributed by atoms with Gasteiger partial charge in [-0.25, -0.2) is 0 Å². The molecule has 0 aliphatic heterocycles. The fourth-order valence-corrected chi connectivity index (χ4v) is 0.913. The largest absolute Gasteiger partial charge is 1.00 e. The van der Waals surface area contributed by atoms with Crippen molar-refractivity contribution in [1.29, 1.82) is 0 Å². The van der Waals surface area contributed by atoms with Gasteiger partial charge in [0, 0.05) is 5.56 Å². The number of carbonyl (C=O) groups is 1. The fourth-order valence-electron chi connectivity index (χ4n) is 0.913. The molecular weight excluding hydrogens is 191 g/mol. The summed E-state index contributed by atoms with van der Waals surface area (Å²) in [5.41, 5.74) is 0.480. The van der Waals surface area contributed by atoms with E-state index in [0.717, 1.165) is 6.08 Å². The van der Waals surface area contributed by atoms with Crippen molar-refractivity contribution >= 4 is 5.78 Å². The first kappa shape index (κ1) is 13.2. The van der Waals surface area contributed by atoms with Crippen LogP contribution >= 0.6 is 0 Å². The molecule has 1 aromatic rings. The van der Waals surface area contributed by atoms with E-state index in [9.17, 15) is 9.90 Å². The monoisotopic (exact) mass is 200 g/mol. The Morgan fingerprint density at radius 2 is 1.93 bits per heavy atom. The molecule has 0 bridgehead atoms. The predicted molar refractivity (Wildman–Crippen MR) is 46.5 cm³/mol. The third kappa shape index (κ3) is 3.54. The minimum atomic E-state index is -0.294. The third-order valence-corrected chi connectivity index (χ3v) is 1.59. The van der Waals surface area contributed by atoms with Gasteiger partial charge < -0.3 is 9.84 Å². The average molecular weight is 200 g/mol. The summed E-state index contributed by atoms with van der Waals surface area (Å²) in [6.07, 6.45) is 1.47. The summed E-state index contributed by atoms with van der Waals surface area (Å²) < 4.78 is 4.92. The molecule has 4 heteroatoms. The minimum absolute atomic E-state index is 0. The van der Waals surface area contributed by atoms with E-state index in [1.54, 1.807) is 31.4 Å². The van der Waals surface area contributed by atoms with Gasteiger partial charge in [-0.05, 0) is 30.3 Å². The van der Waals surface area contributed by atoms with Crippen molar-refractivity contribution in [1.82, 2.24) is 0 Å². The van der Waals surface area contributed by atoms with Crippen molar-refractivity contribution in [3.05, 3.63) is 42.2 Å². The van der Waals surface area contributed by atoms with Crippen molar-refractivity contribution in [2.75, 3.05) is 7.11 Å². The van der Waals surface area contributed by atoms with Crippen LogP contribution in [0.25, 0.3) is 0 Å². The van der Waals surface area contributed by atoms with E-state index in [-0.39, 0.29) is 35.3 Å². The molecular formula is C10H9NaO3. The first-order chi connectivity index (χ1) is 6.27. The molecule has 0 radical (unpaired) electrons. The second-order valence-corrected chi connectivity index (χ2v) is 2.40. The summed E-state index contributed by atoms with van der Waals surface area (Å²) in [5.74, 6) is 0.389. The van der Waals surface area contributed by atoms with E-state index < -0.39 is 0 Å². The smallest absolute Gasteiger partial charge is 0.878 e. The predicted octanol–water partition coefficient (Wildman–Crippen LogP) is -2.24. The molecule has 0 aliphatic rings. The zero-order chi connectivity index (χ0) is 9.68. The first-order valence-corrected chi connectivity index (χ1v) is 3.75. The molecule has 0 amide bonds. The molecule has 3 nitrogen and oxygen atoms in total. The van der Waals surface area contributed by atoms with Crippen LogP contribution < -0.4 is 39.4 Å². The van der Waals surface area contributed by atoms with E-state index in [1.165, 1.54) is 0 Å². The Morgan fingerprint density at radius 3 is 2.36 bits per heavy atom. The maximum absolute atomic E-state index is 11.1. The standard InChI is InChI=1S/C10H10O3.Na/c1-13-9-4-2-8(3-5-9)10(12)6-7-11;/h2-7,11H,1H3;/q;+1/p-1. The number of rotatable bonds is 3. The van der Waals surface area contributed by atoms with Gasteiger partial charge >= 0.3 is 29.6 Å². The van der Waals surface area contributed by atoms with Crippen LogP contribution in [0.15, 0.2) is 36.6 Å². The molecule has 1 rings (SSSR count). The van der Waals surface area contributed by atoms with Crippen LogP contribution in [0.5, 0.6) is 5.75 Å². The van der Waals surface area contributed by atoms with Crippen molar-refractivity contribution in [2.24, 2.45) is 0 Å². The maximum atomic E-state index is 11.1. The molecule has 0 unspecified atom stereocenters. The van der Waals surface area contributed by atoms with Gasteiger partial charge in [0.15, 0.2) is 5.78 Å². The van der Waals surface area contributed by atoms with Crippen molar-refractivity contribution in [3.8, 4) is 5.75 Å². The molecule has 0 aromatic heterocycles. The van der Waals surface area contributed by atoms with Crippen LogP contribution in [0.2, 0.25) is 0 Å². The van der Waals surface area contributed by atoms with Crippen LogP contribution in [0.3, 0.4) is 0 Å². The van der Waals surface area contributed by atoms with Gasteiger partial charge in [0.2, 0.25) is 0 Å². The molecule has 0 atom stereocenters. The van der Waals surface area contributed by atoms with E-state index in [2.05, 4.69) is 0 Å². The number of carbonyl (C=O) groups excluding carboxylic acids is 1. The molecule has 0 aliphatic carbocycles. The quantitative estimate of drug-likeness (QED) is 0.240. The number of benzene rings is 1. The zero-order valence-electron chi connectivity index (χ0n) is 8.19. The number of allylic oxidation sites excluding steroid dienone is 1. The molecule has 14 heavy (non-hydrogen) atoms. The van der Waals surface area contributed by atoms with Crippen molar-refractivity contribution < 1.29 is 44.2 Å².